The number of imidazole rings is 1. The molecule has 0 fully saturated rings. The van der Waals surface area contributed by atoms with Gasteiger partial charge in [-0.1, -0.05) is 36.4 Å². The van der Waals surface area contributed by atoms with E-state index in [9.17, 15) is 0 Å². The molecule has 0 aliphatic carbocycles. The second-order valence-electron chi connectivity index (χ2n) is 7.05. The number of benzene rings is 3. The lowest BCUT2D eigenvalue weighted by atomic mass is 10.1. The lowest BCUT2D eigenvalue weighted by Crippen LogP contribution is -2.08. The van der Waals surface area contributed by atoms with Gasteiger partial charge in [-0.25, -0.2) is 4.98 Å². The van der Waals surface area contributed by atoms with Crippen molar-refractivity contribution in [2.75, 3.05) is 20.8 Å². The van der Waals surface area contributed by atoms with Gasteiger partial charge in [0.05, 0.1) is 31.9 Å². The summed E-state index contributed by atoms with van der Waals surface area (Å²) in [5.41, 5.74) is 3.29. The normalized spacial score (nSPS) is 10.9. The van der Waals surface area contributed by atoms with E-state index in [4.69, 9.17) is 19.2 Å². The van der Waals surface area contributed by atoms with Crippen molar-refractivity contribution in [2.45, 2.75) is 19.4 Å². The summed E-state index contributed by atoms with van der Waals surface area (Å²) >= 11 is 0. The van der Waals surface area contributed by atoms with Crippen molar-refractivity contribution in [3.63, 3.8) is 0 Å². The lowest BCUT2D eigenvalue weighted by Gasteiger charge is -2.12. The van der Waals surface area contributed by atoms with Crippen molar-refractivity contribution in [1.82, 2.24) is 9.55 Å². The first-order chi connectivity index (χ1) is 14.8. The Morgan fingerprint density at radius 3 is 2.40 bits per heavy atom. The highest BCUT2D eigenvalue weighted by atomic mass is 16.5. The Morgan fingerprint density at radius 2 is 1.60 bits per heavy atom. The average Bonchev–Trinajstić information content (AvgIpc) is 3.14. The fraction of sp³-hybridized carbons (Fsp3) is 0.240. The number of aromatic nitrogens is 2. The standard InChI is InChI=1S/C25H26N2O3/c1-28-23-14-13-19(17-24(23)29-2)18-25-26-21-11-6-7-12-22(21)27(25)15-8-16-30-20-9-4-3-5-10-20/h3-7,9-14,17H,8,15-16,18H2,1-2H3. The van der Waals surface area contributed by atoms with E-state index in [0.717, 1.165) is 52.6 Å². The molecule has 3 aromatic carbocycles. The van der Waals surface area contributed by atoms with Crippen LogP contribution in [0, 0.1) is 0 Å². The van der Waals surface area contributed by atoms with Crippen LogP contribution in [0.4, 0.5) is 0 Å². The zero-order valence-corrected chi connectivity index (χ0v) is 17.4. The Balaban J connectivity index is 1.53. The van der Waals surface area contributed by atoms with Crippen LogP contribution in [-0.2, 0) is 13.0 Å². The van der Waals surface area contributed by atoms with Gasteiger partial charge in [0.25, 0.3) is 0 Å². The molecule has 0 aliphatic rings. The number of ether oxygens (including phenoxy) is 3. The van der Waals surface area contributed by atoms with Crippen molar-refractivity contribution in [3.05, 3.63) is 84.2 Å². The SMILES string of the molecule is COc1ccc(Cc2nc3ccccc3n2CCCOc2ccccc2)cc1OC. The van der Waals surface area contributed by atoms with Gasteiger partial charge in [0.2, 0.25) is 0 Å². The highest BCUT2D eigenvalue weighted by Crippen LogP contribution is 2.29. The number of rotatable bonds is 9. The van der Waals surface area contributed by atoms with Crippen LogP contribution in [0.1, 0.15) is 17.8 Å². The van der Waals surface area contributed by atoms with E-state index in [1.54, 1.807) is 14.2 Å². The average molecular weight is 402 g/mol. The van der Waals surface area contributed by atoms with Gasteiger partial charge in [0.1, 0.15) is 11.6 Å². The number of hydrogen-bond acceptors (Lipinski definition) is 4. The van der Waals surface area contributed by atoms with E-state index in [1.165, 1.54) is 0 Å². The Bertz CT molecular complexity index is 1110. The van der Waals surface area contributed by atoms with Crippen LogP contribution in [0.5, 0.6) is 17.2 Å². The molecule has 30 heavy (non-hydrogen) atoms. The Hall–Kier alpha value is -3.47. The monoisotopic (exact) mass is 402 g/mol. The number of fused-ring (bicyclic) bond motifs is 1. The second kappa shape index (κ2) is 9.35. The lowest BCUT2D eigenvalue weighted by molar-refractivity contribution is 0.302. The quantitative estimate of drug-likeness (QED) is 0.365. The first-order valence-electron chi connectivity index (χ1n) is 10.1. The molecule has 0 amide bonds. The molecule has 4 rings (SSSR count). The minimum atomic E-state index is 0.659. The third kappa shape index (κ3) is 4.40. The van der Waals surface area contributed by atoms with E-state index < -0.39 is 0 Å². The summed E-state index contributed by atoms with van der Waals surface area (Å²) in [5.74, 6) is 3.39. The summed E-state index contributed by atoms with van der Waals surface area (Å²) in [6.45, 7) is 1.50. The highest BCUT2D eigenvalue weighted by Gasteiger charge is 2.13. The molecule has 0 spiro atoms. The van der Waals surface area contributed by atoms with Gasteiger partial charge in [-0.2, -0.15) is 0 Å². The summed E-state index contributed by atoms with van der Waals surface area (Å²) in [5, 5.41) is 0. The van der Waals surface area contributed by atoms with E-state index in [0.29, 0.717) is 13.0 Å². The molecule has 0 bridgehead atoms. The predicted octanol–water partition coefficient (Wildman–Crippen LogP) is 5.11. The van der Waals surface area contributed by atoms with Crippen LogP contribution in [0.25, 0.3) is 11.0 Å². The van der Waals surface area contributed by atoms with Gasteiger partial charge in [-0.15, -0.1) is 0 Å². The Labute approximate surface area is 176 Å². The molecule has 5 heteroatoms. The molecule has 0 saturated carbocycles. The van der Waals surface area contributed by atoms with Crippen LogP contribution < -0.4 is 14.2 Å². The maximum atomic E-state index is 5.87. The third-order valence-electron chi connectivity index (χ3n) is 5.08. The van der Waals surface area contributed by atoms with Gasteiger partial charge in [-0.3, -0.25) is 0 Å². The molecule has 1 heterocycles. The largest absolute Gasteiger partial charge is 0.494 e. The van der Waals surface area contributed by atoms with Crippen LogP contribution in [0.3, 0.4) is 0 Å². The molecular formula is C25H26N2O3. The van der Waals surface area contributed by atoms with Gasteiger partial charge >= 0.3 is 0 Å². The predicted molar refractivity (Wildman–Crippen MR) is 119 cm³/mol. The summed E-state index contributed by atoms with van der Waals surface area (Å²) in [7, 11) is 3.30. The molecular weight excluding hydrogens is 376 g/mol. The molecule has 1 aromatic heterocycles. The van der Waals surface area contributed by atoms with Crippen LogP contribution in [0.15, 0.2) is 72.8 Å². The first-order valence-corrected chi connectivity index (χ1v) is 10.1. The zero-order chi connectivity index (χ0) is 20.8. The number of aryl methyl sites for hydroxylation is 1. The van der Waals surface area contributed by atoms with Gasteiger partial charge in [-0.05, 0) is 48.4 Å². The number of methoxy groups -OCH3 is 2. The van der Waals surface area contributed by atoms with E-state index in [1.807, 2.05) is 48.5 Å². The molecule has 0 saturated heterocycles. The van der Waals surface area contributed by atoms with Crippen molar-refractivity contribution in [3.8, 4) is 17.2 Å². The molecule has 0 N–H and O–H groups in total. The van der Waals surface area contributed by atoms with Crippen molar-refractivity contribution in [2.24, 2.45) is 0 Å². The molecule has 0 atom stereocenters. The van der Waals surface area contributed by atoms with Crippen LogP contribution in [-0.4, -0.2) is 30.4 Å². The molecule has 0 radical (unpaired) electrons. The maximum absolute atomic E-state index is 5.87. The molecule has 0 unspecified atom stereocenters. The number of nitrogens with zero attached hydrogens (tertiary/aromatic N) is 2. The first kappa shape index (κ1) is 19.8. The molecule has 5 nitrogen and oxygen atoms in total. The maximum Gasteiger partial charge on any atom is 0.161 e. The van der Waals surface area contributed by atoms with Gasteiger partial charge in [0, 0.05) is 13.0 Å². The smallest absolute Gasteiger partial charge is 0.161 e. The fourth-order valence-electron chi connectivity index (χ4n) is 3.61. The summed E-state index contributed by atoms with van der Waals surface area (Å²) < 4.78 is 19.0. The highest BCUT2D eigenvalue weighted by molar-refractivity contribution is 5.76. The van der Waals surface area contributed by atoms with E-state index in [-0.39, 0.29) is 0 Å². The summed E-state index contributed by atoms with van der Waals surface area (Å²) in [6.07, 6.45) is 1.61. The van der Waals surface area contributed by atoms with Crippen LogP contribution >= 0.6 is 0 Å². The summed E-state index contributed by atoms with van der Waals surface area (Å²) in [4.78, 5) is 4.89. The van der Waals surface area contributed by atoms with Crippen LogP contribution in [0.2, 0.25) is 0 Å². The van der Waals surface area contributed by atoms with E-state index in [2.05, 4.69) is 28.8 Å². The van der Waals surface area contributed by atoms with Crippen molar-refractivity contribution < 1.29 is 14.2 Å². The van der Waals surface area contributed by atoms with Gasteiger partial charge in [0.15, 0.2) is 11.5 Å². The zero-order valence-electron chi connectivity index (χ0n) is 17.4. The number of hydrogen-bond donors (Lipinski definition) is 0. The Morgan fingerprint density at radius 1 is 0.833 bits per heavy atom. The van der Waals surface area contributed by atoms with Crippen molar-refractivity contribution >= 4 is 11.0 Å². The second-order valence-corrected chi connectivity index (χ2v) is 7.05. The molecule has 4 aromatic rings. The molecule has 0 aliphatic heterocycles. The van der Waals surface area contributed by atoms with Gasteiger partial charge < -0.3 is 18.8 Å². The number of para-hydroxylation sites is 3. The minimum absolute atomic E-state index is 0.659. The summed E-state index contributed by atoms with van der Waals surface area (Å²) in [6, 6.07) is 24.2. The van der Waals surface area contributed by atoms with Crippen molar-refractivity contribution in [1.29, 1.82) is 0 Å². The molecule has 154 valence electrons. The minimum Gasteiger partial charge on any atom is -0.494 e. The topological polar surface area (TPSA) is 45.5 Å². The fourth-order valence-corrected chi connectivity index (χ4v) is 3.61. The van der Waals surface area contributed by atoms with E-state index >= 15 is 0 Å². The Kier molecular flexibility index (Phi) is 6.18. The third-order valence-corrected chi connectivity index (χ3v) is 5.08.